The molecule has 0 saturated heterocycles. The Hall–Kier alpha value is -1.80. The van der Waals surface area contributed by atoms with Crippen molar-refractivity contribution in [3.8, 4) is 0 Å². The van der Waals surface area contributed by atoms with E-state index in [1.807, 2.05) is 21.1 Å². The Balaban J connectivity index is 4.27. The number of carbonyl (C=O) groups is 1. The van der Waals surface area contributed by atoms with Crippen LogP contribution in [-0.2, 0) is 18.4 Å². The van der Waals surface area contributed by atoms with Crippen LogP contribution in [0.2, 0.25) is 0 Å². The molecule has 8 nitrogen and oxygen atoms in total. The number of carbonyl (C=O) groups excluding carboxylic acids is 1. The maximum atomic E-state index is 13.0. The van der Waals surface area contributed by atoms with E-state index < -0.39 is 20.0 Å². The minimum atomic E-state index is -4.58. The van der Waals surface area contributed by atoms with E-state index in [-0.39, 0.29) is 19.1 Å². The smallest absolute Gasteiger partial charge is 0.268 e. The zero-order valence-corrected chi connectivity index (χ0v) is 43.4. The lowest BCUT2D eigenvalue weighted by atomic mass is 10.0. The molecule has 0 aliphatic rings. The molecule has 0 aliphatic heterocycles. The van der Waals surface area contributed by atoms with Gasteiger partial charge in [0.25, 0.3) is 7.82 Å². The van der Waals surface area contributed by atoms with Crippen molar-refractivity contribution < 1.29 is 32.9 Å². The summed E-state index contributed by atoms with van der Waals surface area (Å²) < 4.78 is 23.4. The Morgan fingerprint density at radius 3 is 1.39 bits per heavy atom. The van der Waals surface area contributed by atoms with Crippen LogP contribution in [0, 0.1) is 0 Å². The highest BCUT2D eigenvalue weighted by atomic mass is 31.2. The van der Waals surface area contributed by atoms with Crippen molar-refractivity contribution in [1.29, 1.82) is 0 Å². The van der Waals surface area contributed by atoms with Gasteiger partial charge < -0.3 is 28.8 Å². The van der Waals surface area contributed by atoms with Crippen molar-refractivity contribution in [2.75, 3.05) is 40.9 Å². The fourth-order valence-electron chi connectivity index (χ4n) is 7.60. The van der Waals surface area contributed by atoms with Crippen LogP contribution < -0.4 is 10.2 Å². The molecule has 0 fully saturated rings. The maximum absolute atomic E-state index is 13.0. The lowest BCUT2D eigenvalue weighted by Gasteiger charge is -2.30. The fourth-order valence-corrected chi connectivity index (χ4v) is 8.32. The van der Waals surface area contributed by atoms with Crippen LogP contribution in [0.3, 0.4) is 0 Å². The number of aliphatic hydroxyl groups excluding tert-OH is 1. The van der Waals surface area contributed by atoms with E-state index in [9.17, 15) is 19.4 Å². The minimum absolute atomic E-state index is 0.00746. The van der Waals surface area contributed by atoms with Crippen LogP contribution in [0.4, 0.5) is 0 Å². The molecule has 0 aliphatic carbocycles. The van der Waals surface area contributed by atoms with Gasteiger partial charge in [0.1, 0.15) is 13.2 Å². The van der Waals surface area contributed by atoms with Crippen molar-refractivity contribution in [3.63, 3.8) is 0 Å². The van der Waals surface area contributed by atoms with Crippen LogP contribution in [0.1, 0.15) is 232 Å². The quantitative estimate of drug-likeness (QED) is 0.0272. The van der Waals surface area contributed by atoms with Gasteiger partial charge in [-0.25, -0.2) is 0 Å². The number of rotatable bonds is 48. The second-order valence-electron chi connectivity index (χ2n) is 19.2. The molecule has 64 heavy (non-hydrogen) atoms. The van der Waals surface area contributed by atoms with Gasteiger partial charge in [-0.05, 0) is 57.8 Å². The number of unbranched alkanes of at least 4 members (excludes halogenated alkanes) is 25. The standard InChI is InChI=1S/C55H103N2O6P/c1-6-8-10-12-14-16-18-20-22-24-26-27-28-29-31-33-35-37-39-41-43-45-47-49-55(59)56-53(52-63-64(60,61)62-51-50-57(3,4)5)54(58)48-46-44-42-40-38-36-34-32-30-25-23-21-19-17-15-13-11-9-7-2/h8,10,14,16,20,22,26-27,29,31,53-54,58H,6-7,9,11-13,15,17-19,21,23-25,28,30,32-52H2,1-5H3,(H-,56,59,60,61)/b10-8-,16-14-,22-20-,27-26-,31-29-. The fraction of sp³-hybridized carbons (Fsp3) is 0.800. The SMILES string of the molecule is CC/C=C\C/C=C\C/C=C\C/C=C\C/C=C\CCCCCCCCCC(=O)NC(COP(=O)([O-])OCC[N+](C)(C)C)C(O)CCCCCCCCCCCCCCCCCCCCC. The zero-order chi connectivity index (χ0) is 47.1. The van der Waals surface area contributed by atoms with E-state index in [1.54, 1.807) is 0 Å². The van der Waals surface area contributed by atoms with E-state index >= 15 is 0 Å². The van der Waals surface area contributed by atoms with Gasteiger partial charge >= 0.3 is 0 Å². The lowest BCUT2D eigenvalue weighted by Crippen LogP contribution is -2.46. The summed E-state index contributed by atoms with van der Waals surface area (Å²) in [6.07, 6.45) is 60.9. The molecule has 2 N–H and O–H groups in total. The van der Waals surface area contributed by atoms with E-state index in [4.69, 9.17) is 9.05 Å². The largest absolute Gasteiger partial charge is 0.756 e. The van der Waals surface area contributed by atoms with Gasteiger partial charge in [0.15, 0.2) is 0 Å². The van der Waals surface area contributed by atoms with Gasteiger partial charge in [-0.15, -0.1) is 0 Å². The van der Waals surface area contributed by atoms with Gasteiger partial charge in [0, 0.05) is 6.42 Å². The number of aliphatic hydroxyl groups is 1. The average molecular weight is 919 g/mol. The van der Waals surface area contributed by atoms with Crippen LogP contribution in [-0.4, -0.2) is 68.5 Å². The first-order valence-corrected chi connectivity index (χ1v) is 28.1. The number of amides is 1. The molecule has 0 aromatic heterocycles. The number of nitrogens with zero attached hydrogens (tertiary/aromatic N) is 1. The molecular weight excluding hydrogens is 816 g/mol. The number of hydrogen-bond donors (Lipinski definition) is 2. The van der Waals surface area contributed by atoms with Crippen molar-refractivity contribution in [2.24, 2.45) is 0 Å². The molecule has 3 unspecified atom stereocenters. The molecule has 374 valence electrons. The van der Waals surface area contributed by atoms with E-state index in [0.717, 1.165) is 83.5 Å². The van der Waals surface area contributed by atoms with E-state index in [0.29, 0.717) is 23.9 Å². The Bertz CT molecular complexity index is 1230. The molecule has 3 atom stereocenters. The molecule has 0 spiro atoms. The third kappa shape index (κ3) is 48.1. The van der Waals surface area contributed by atoms with Crippen molar-refractivity contribution >= 4 is 13.7 Å². The van der Waals surface area contributed by atoms with Crippen molar-refractivity contribution in [2.45, 2.75) is 244 Å². The first-order chi connectivity index (χ1) is 31.0. The Labute approximate surface area is 396 Å². The molecule has 0 rings (SSSR count). The van der Waals surface area contributed by atoms with Gasteiger partial charge in [-0.3, -0.25) is 9.36 Å². The van der Waals surface area contributed by atoms with Crippen molar-refractivity contribution in [1.82, 2.24) is 5.32 Å². The Morgan fingerprint density at radius 1 is 0.562 bits per heavy atom. The summed E-state index contributed by atoms with van der Waals surface area (Å²) in [5.41, 5.74) is 0. The number of allylic oxidation sites excluding steroid dienone is 10. The van der Waals surface area contributed by atoms with E-state index in [1.165, 1.54) is 122 Å². The number of likely N-dealkylation sites (N-methyl/N-ethyl adjacent to an activating group) is 1. The summed E-state index contributed by atoms with van der Waals surface area (Å²) in [6, 6.07) is -0.810. The zero-order valence-electron chi connectivity index (χ0n) is 42.5. The summed E-state index contributed by atoms with van der Waals surface area (Å²) in [5.74, 6) is -0.176. The first kappa shape index (κ1) is 62.2. The third-order valence-corrected chi connectivity index (χ3v) is 12.7. The van der Waals surface area contributed by atoms with Gasteiger partial charge in [0.05, 0.1) is 39.9 Å². The number of phosphoric acid groups is 1. The van der Waals surface area contributed by atoms with Crippen LogP contribution in [0.5, 0.6) is 0 Å². The second kappa shape index (κ2) is 46.3. The summed E-state index contributed by atoms with van der Waals surface area (Å²) >= 11 is 0. The monoisotopic (exact) mass is 919 g/mol. The molecule has 0 heterocycles. The van der Waals surface area contributed by atoms with Crippen LogP contribution in [0.25, 0.3) is 0 Å². The lowest BCUT2D eigenvalue weighted by molar-refractivity contribution is -0.870. The van der Waals surface area contributed by atoms with Crippen molar-refractivity contribution in [3.05, 3.63) is 60.8 Å². The Morgan fingerprint density at radius 2 is 0.953 bits per heavy atom. The average Bonchev–Trinajstić information content (AvgIpc) is 3.25. The summed E-state index contributed by atoms with van der Waals surface area (Å²) in [4.78, 5) is 25.5. The minimum Gasteiger partial charge on any atom is -0.756 e. The molecule has 0 bridgehead atoms. The highest BCUT2D eigenvalue weighted by molar-refractivity contribution is 7.45. The van der Waals surface area contributed by atoms with Crippen LogP contribution >= 0.6 is 7.82 Å². The number of hydrogen-bond acceptors (Lipinski definition) is 6. The van der Waals surface area contributed by atoms with E-state index in [2.05, 4.69) is 79.9 Å². The molecular formula is C55H103N2O6P. The third-order valence-electron chi connectivity index (χ3n) is 11.8. The highest BCUT2D eigenvalue weighted by Crippen LogP contribution is 2.38. The second-order valence-corrected chi connectivity index (χ2v) is 20.6. The predicted molar refractivity (Wildman–Crippen MR) is 274 cm³/mol. The molecule has 0 saturated carbocycles. The predicted octanol–water partition coefficient (Wildman–Crippen LogP) is 15.1. The summed E-state index contributed by atoms with van der Waals surface area (Å²) in [7, 11) is 1.29. The Kier molecular flexibility index (Phi) is 45.0. The van der Waals surface area contributed by atoms with Gasteiger partial charge in [-0.2, -0.15) is 0 Å². The maximum Gasteiger partial charge on any atom is 0.268 e. The van der Waals surface area contributed by atoms with Gasteiger partial charge in [0.2, 0.25) is 5.91 Å². The topological polar surface area (TPSA) is 108 Å². The summed E-state index contributed by atoms with van der Waals surface area (Å²) in [5, 5.41) is 14.0. The normalized spacial score (nSPS) is 14.5. The first-order valence-electron chi connectivity index (χ1n) is 26.6. The molecule has 0 aromatic carbocycles. The molecule has 0 radical (unpaired) electrons. The molecule has 0 aromatic rings. The molecule has 9 heteroatoms. The van der Waals surface area contributed by atoms with Gasteiger partial charge in [-0.1, -0.05) is 229 Å². The van der Waals surface area contributed by atoms with Crippen LogP contribution in [0.15, 0.2) is 60.8 Å². The molecule has 1 amide bonds. The number of nitrogens with one attached hydrogen (secondary N) is 1. The number of phosphoric ester groups is 1. The summed E-state index contributed by atoms with van der Waals surface area (Å²) in [6.45, 7) is 4.61. The number of quaternary nitrogens is 1. The highest BCUT2D eigenvalue weighted by Gasteiger charge is 2.24.